The second-order valence-electron chi connectivity index (χ2n) is 4.68. The molecular formula is C14H20N2OS. The molecule has 0 aromatic heterocycles. The number of para-hydroxylation sites is 1. The zero-order valence-corrected chi connectivity index (χ0v) is 12.0. The average Bonchev–Trinajstić information content (AvgIpc) is 2.37. The van der Waals surface area contributed by atoms with Gasteiger partial charge >= 0.3 is 0 Å². The monoisotopic (exact) mass is 264 g/mol. The number of nitrogens with one attached hydrogen (secondary N) is 1. The van der Waals surface area contributed by atoms with Crippen LogP contribution in [0.3, 0.4) is 0 Å². The molecule has 0 radical (unpaired) electrons. The van der Waals surface area contributed by atoms with E-state index in [2.05, 4.69) is 36.3 Å². The number of anilines is 1. The van der Waals surface area contributed by atoms with Crippen LogP contribution in [0.15, 0.2) is 29.3 Å². The third kappa shape index (κ3) is 3.27. The van der Waals surface area contributed by atoms with Crippen molar-refractivity contribution in [1.29, 1.82) is 0 Å². The third-order valence-corrected chi connectivity index (χ3v) is 4.36. The molecule has 1 aliphatic heterocycles. The Hall–Kier alpha value is -1.000. The summed E-state index contributed by atoms with van der Waals surface area (Å²) >= 11 is 1.79. The lowest BCUT2D eigenvalue weighted by Crippen LogP contribution is -2.25. The second-order valence-corrected chi connectivity index (χ2v) is 5.69. The molecule has 0 aliphatic carbocycles. The fourth-order valence-corrected chi connectivity index (χ4v) is 2.93. The van der Waals surface area contributed by atoms with E-state index in [4.69, 9.17) is 4.74 Å². The standard InChI is InChI=1S/C14H20N2OS/c1-10-9-18-14(15-11(10)2)16-13-7-5-4-6-12(13)8-17-3/h4-7,10-11H,8-9H2,1-3H3,(H,15,16). The smallest absolute Gasteiger partial charge is 0.161 e. The lowest BCUT2D eigenvalue weighted by atomic mass is 10.1. The summed E-state index contributed by atoms with van der Waals surface area (Å²) < 4.78 is 5.21. The molecule has 3 nitrogen and oxygen atoms in total. The van der Waals surface area contributed by atoms with Crippen LogP contribution in [0.1, 0.15) is 19.4 Å². The highest BCUT2D eigenvalue weighted by atomic mass is 32.2. The number of nitrogens with zero attached hydrogens (tertiary/aromatic N) is 1. The minimum Gasteiger partial charge on any atom is -0.380 e. The number of methoxy groups -OCH3 is 1. The first-order valence-electron chi connectivity index (χ1n) is 6.25. The molecule has 4 heteroatoms. The van der Waals surface area contributed by atoms with Gasteiger partial charge in [-0.2, -0.15) is 0 Å². The average molecular weight is 264 g/mol. The van der Waals surface area contributed by atoms with Crippen LogP contribution >= 0.6 is 11.8 Å². The molecule has 0 saturated carbocycles. The summed E-state index contributed by atoms with van der Waals surface area (Å²) in [6.07, 6.45) is 0. The highest BCUT2D eigenvalue weighted by molar-refractivity contribution is 8.14. The van der Waals surface area contributed by atoms with E-state index in [9.17, 15) is 0 Å². The van der Waals surface area contributed by atoms with E-state index in [-0.39, 0.29) is 0 Å². The molecule has 18 heavy (non-hydrogen) atoms. The first-order valence-corrected chi connectivity index (χ1v) is 7.23. The number of thioether (sulfide) groups is 1. The molecule has 0 fully saturated rings. The van der Waals surface area contributed by atoms with Crippen LogP contribution in [0.2, 0.25) is 0 Å². The fourth-order valence-electron chi connectivity index (χ4n) is 1.81. The van der Waals surface area contributed by atoms with Gasteiger partial charge in [0.25, 0.3) is 0 Å². The Labute approximate surface area is 113 Å². The van der Waals surface area contributed by atoms with Gasteiger partial charge in [0.2, 0.25) is 0 Å². The number of hydrogen-bond donors (Lipinski definition) is 1. The second kappa shape index (κ2) is 6.25. The zero-order valence-electron chi connectivity index (χ0n) is 11.1. The van der Waals surface area contributed by atoms with Crippen LogP contribution in [-0.4, -0.2) is 24.1 Å². The molecule has 1 N–H and O–H groups in total. The normalized spacial score (nSPS) is 23.6. The molecule has 1 aromatic rings. The minimum atomic E-state index is 0.392. The Morgan fingerprint density at radius 1 is 1.39 bits per heavy atom. The summed E-state index contributed by atoms with van der Waals surface area (Å²) in [5.41, 5.74) is 2.25. The van der Waals surface area contributed by atoms with Crippen LogP contribution < -0.4 is 5.32 Å². The summed E-state index contributed by atoms with van der Waals surface area (Å²) in [5.74, 6) is 1.77. The van der Waals surface area contributed by atoms with Crippen molar-refractivity contribution in [3.8, 4) is 0 Å². The highest BCUT2D eigenvalue weighted by Gasteiger charge is 2.19. The Morgan fingerprint density at radius 2 is 2.17 bits per heavy atom. The van der Waals surface area contributed by atoms with Gasteiger partial charge in [-0.1, -0.05) is 36.9 Å². The molecule has 1 aliphatic rings. The van der Waals surface area contributed by atoms with Gasteiger partial charge < -0.3 is 10.1 Å². The van der Waals surface area contributed by atoms with Gasteiger partial charge in [0.15, 0.2) is 5.17 Å². The van der Waals surface area contributed by atoms with Crippen molar-refractivity contribution in [2.75, 3.05) is 18.2 Å². The predicted molar refractivity (Wildman–Crippen MR) is 79.3 cm³/mol. The Morgan fingerprint density at radius 3 is 2.89 bits per heavy atom. The van der Waals surface area contributed by atoms with Crippen molar-refractivity contribution < 1.29 is 4.74 Å². The van der Waals surface area contributed by atoms with Gasteiger partial charge in [0.05, 0.1) is 12.6 Å². The Bertz CT molecular complexity index is 434. The Balaban J connectivity index is 2.12. The molecule has 98 valence electrons. The molecule has 0 saturated heterocycles. The SMILES string of the molecule is COCc1ccccc1NC1=NC(C)C(C)CS1. The van der Waals surface area contributed by atoms with E-state index in [0.29, 0.717) is 18.6 Å². The minimum absolute atomic E-state index is 0.392. The summed E-state index contributed by atoms with van der Waals surface area (Å²) in [4.78, 5) is 4.69. The largest absolute Gasteiger partial charge is 0.380 e. The van der Waals surface area contributed by atoms with Crippen molar-refractivity contribution in [3.05, 3.63) is 29.8 Å². The van der Waals surface area contributed by atoms with Crippen molar-refractivity contribution in [1.82, 2.24) is 0 Å². The first kappa shape index (κ1) is 13.4. The molecule has 1 heterocycles. The van der Waals surface area contributed by atoms with Crippen molar-refractivity contribution >= 4 is 22.6 Å². The predicted octanol–water partition coefficient (Wildman–Crippen LogP) is 3.37. The zero-order chi connectivity index (χ0) is 13.0. The molecule has 2 rings (SSSR count). The van der Waals surface area contributed by atoms with Gasteiger partial charge in [-0.15, -0.1) is 0 Å². The van der Waals surface area contributed by atoms with Crippen molar-refractivity contribution in [2.45, 2.75) is 26.5 Å². The van der Waals surface area contributed by atoms with E-state index >= 15 is 0 Å². The van der Waals surface area contributed by atoms with Gasteiger partial charge in [-0.05, 0) is 18.9 Å². The van der Waals surface area contributed by atoms with Crippen molar-refractivity contribution in [2.24, 2.45) is 10.9 Å². The highest BCUT2D eigenvalue weighted by Crippen LogP contribution is 2.25. The molecule has 0 spiro atoms. The van der Waals surface area contributed by atoms with E-state index in [0.717, 1.165) is 22.2 Å². The van der Waals surface area contributed by atoms with Gasteiger partial charge in [-0.3, -0.25) is 4.99 Å². The van der Waals surface area contributed by atoms with Crippen molar-refractivity contribution in [3.63, 3.8) is 0 Å². The number of rotatable bonds is 3. The quantitative estimate of drug-likeness (QED) is 0.908. The summed E-state index contributed by atoms with van der Waals surface area (Å²) in [5, 5.41) is 4.44. The summed E-state index contributed by atoms with van der Waals surface area (Å²) in [6.45, 7) is 5.04. The van der Waals surface area contributed by atoms with E-state index < -0.39 is 0 Å². The summed E-state index contributed by atoms with van der Waals surface area (Å²) in [7, 11) is 1.72. The molecule has 1 aromatic carbocycles. The van der Waals surface area contributed by atoms with Crippen LogP contribution in [0.5, 0.6) is 0 Å². The number of benzene rings is 1. The fraction of sp³-hybridized carbons (Fsp3) is 0.500. The van der Waals surface area contributed by atoms with Gasteiger partial charge in [-0.25, -0.2) is 0 Å². The molecule has 0 bridgehead atoms. The van der Waals surface area contributed by atoms with E-state index in [1.54, 1.807) is 18.9 Å². The maximum absolute atomic E-state index is 5.21. The maximum atomic E-state index is 5.21. The van der Waals surface area contributed by atoms with Crippen LogP contribution in [0, 0.1) is 5.92 Å². The lowest BCUT2D eigenvalue weighted by Gasteiger charge is -2.24. The third-order valence-electron chi connectivity index (χ3n) is 3.19. The number of amidine groups is 1. The topological polar surface area (TPSA) is 33.6 Å². The maximum Gasteiger partial charge on any atom is 0.161 e. The molecule has 2 unspecified atom stereocenters. The first-order chi connectivity index (χ1) is 8.70. The number of aliphatic imine (C=N–C) groups is 1. The molecule has 2 atom stereocenters. The van der Waals surface area contributed by atoms with Gasteiger partial charge in [0, 0.05) is 24.1 Å². The number of hydrogen-bond acceptors (Lipinski definition) is 4. The van der Waals surface area contributed by atoms with Crippen LogP contribution in [-0.2, 0) is 11.3 Å². The van der Waals surface area contributed by atoms with Gasteiger partial charge in [0.1, 0.15) is 0 Å². The molecule has 0 amide bonds. The van der Waals surface area contributed by atoms with E-state index in [1.165, 1.54) is 0 Å². The van der Waals surface area contributed by atoms with Crippen LogP contribution in [0.25, 0.3) is 0 Å². The summed E-state index contributed by atoms with van der Waals surface area (Å²) in [6, 6.07) is 8.59. The van der Waals surface area contributed by atoms with Crippen LogP contribution in [0.4, 0.5) is 5.69 Å². The van der Waals surface area contributed by atoms with E-state index in [1.807, 2.05) is 12.1 Å². The molecular weight excluding hydrogens is 244 g/mol. The number of ether oxygens (including phenoxy) is 1. The lowest BCUT2D eigenvalue weighted by molar-refractivity contribution is 0.185. The Kier molecular flexibility index (Phi) is 4.66.